The molecule has 108 valence electrons. The van der Waals surface area contributed by atoms with Crippen molar-refractivity contribution in [2.75, 3.05) is 6.61 Å². The second-order valence-corrected chi connectivity index (χ2v) is 5.81. The summed E-state index contributed by atoms with van der Waals surface area (Å²) in [5.41, 5.74) is 1.03. The number of benzene rings is 1. The first-order valence-corrected chi connectivity index (χ1v) is 7.36. The Kier molecular flexibility index (Phi) is 3.87. The molecule has 0 radical (unpaired) electrons. The first-order valence-electron chi connectivity index (χ1n) is 7.36. The Balaban J connectivity index is 1.68. The van der Waals surface area contributed by atoms with Gasteiger partial charge in [0.2, 0.25) is 0 Å². The van der Waals surface area contributed by atoms with Gasteiger partial charge in [-0.1, -0.05) is 6.42 Å². The summed E-state index contributed by atoms with van der Waals surface area (Å²) >= 11 is 0. The van der Waals surface area contributed by atoms with Crippen LogP contribution in [0, 0.1) is 16.0 Å². The number of nitro benzene ring substituents is 1. The molecule has 0 unspecified atom stereocenters. The molecule has 3 rings (SSSR count). The third-order valence-corrected chi connectivity index (χ3v) is 4.11. The van der Waals surface area contributed by atoms with Crippen LogP contribution in [0.3, 0.4) is 0 Å². The predicted molar refractivity (Wildman–Crippen MR) is 75.8 cm³/mol. The van der Waals surface area contributed by atoms with Crippen LogP contribution >= 0.6 is 0 Å². The Morgan fingerprint density at radius 3 is 2.70 bits per heavy atom. The normalized spacial score (nSPS) is 18.6. The van der Waals surface area contributed by atoms with Crippen molar-refractivity contribution in [2.45, 2.75) is 44.7 Å². The predicted octanol–water partition coefficient (Wildman–Crippen LogP) is 3.03. The van der Waals surface area contributed by atoms with E-state index >= 15 is 0 Å². The van der Waals surface area contributed by atoms with Gasteiger partial charge < -0.3 is 10.1 Å². The van der Waals surface area contributed by atoms with E-state index in [-0.39, 0.29) is 10.6 Å². The summed E-state index contributed by atoms with van der Waals surface area (Å²) < 4.78 is 5.87. The summed E-state index contributed by atoms with van der Waals surface area (Å²) in [7, 11) is 0. The molecule has 20 heavy (non-hydrogen) atoms. The number of nitro groups is 1. The molecule has 0 amide bonds. The van der Waals surface area contributed by atoms with Crippen molar-refractivity contribution in [3.05, 3.63) is 33.9 Å². The molecular formula is C15H20N2O3. The van der Waals surface area contributed by atoms with Crippen molar-refractivity contribution >= 4 is 5.69 Å². The zero-order chi connectivity index (χ0) is 13.9. The lowest BCUT2D eigenvalue weighted by molar-refractivity contribution is -0.384. The highest BCUT2D eigenvalue weighted by Crippen LogP contribution is 2.30. The van der Waals surface area contributed by atoms with Gasteiger partial charge in [-0.2, -0.15) is 0 Å². The Morgan fingerprint density at radius 1 is 1.30 bits per heavy atom. The van der Waals surface area contributed by atoms with Crippen LogP contribution in [-0.2, 0) is 6.54 Å². The van der Waals surface area contributed by atoms with Crippen LogP contribution in [0.1, 0.15) is 37.7 Å². The maximum absolute atomic E-state index is 10.9. The molecule has 0 atom stereocenters. The Morgan fingerprint density at radius 2 is 2.10 bits per heavy atom. The van der Waals surface area contributed by atoms with Crippen molar-refractivity contribution in [2.24, 2.45) is 5.92 Å². The maximum Gasteiger partial charge on any atom is 0.270 e. The van der Waals surface area contributed by atoms with E-state index in [0.29, 0.717) is 18.5 Å². The van der Waals surface area contributed by atoms with Gasteiger partial charge in [-0.25, -0.2) is 0 Å². The third-order valence-electron chi connectivity index (χ3n) is 4.11. The Hall–Kier alpha value is -1.62. The van der Waals surface area contributed by atoms with Gasteiger partial charge in [0, 0.05) is 30.3 Å². The fourth-order valence-corrected chi connectivity index (χ4v) is 2.37. The molecule has 0 bridgehead atoms. The number of non-ortho nitro benzene ring substituents is 1. The monoisotopic (exact) mass is 276 g/mol. The van der Waals surface area contributed by atoms with Crippen LogP contribution in [0.2, 0.25) is 0 Å². The zero-order valence-corrected chi connectivity index (χ0v) is 11.5. The molecule has 0 spiro atoms. The van der Waals surface area contributed by atoms with E-state index in [1.165, 1.54) is 38.2 Å². The summed E-state index contributed by atoms with van der Waals surface area (Å²) in [6, 6.07) is 5.47. The maximum atomic E-state index is 10.9. The average Bonchev–Trinajstić information content (AvgIpc) is 3.19. The van der Waals surface area contributed by atoms with Gasteiger partial charge in [0.05, 0.1) is 11.5 Å². The highest BCUT2D eigenvalue weighted by atomic mass is 16.6. The third kappa shape index (κ3) is 3.28. The van der Waals surface area contributed by atoms with Crippen LogP contribution in [0.4, 0.5) is 5.69 Å². The van der Waals surface area contributed by atoms with Crippen molar-refractivity contribution in [1.82, 2.24) is 5.32 Å². The highest BCUT2D eigenvalue weighted by Gasteiger charge is 2.22. The number of nitrogens with one attached hydrogen (secondary N) is 1. The Bertz CT molecular complexity index is 496. The van der Waals surface area contributed by atoms with Gasteiger partial charge in [-0.3, -0.25) is 10.1 Å². The van der Waals surface area contributed by atoms with Crippen molar-refractivity contribution in [3.8, 4) is 5.75 Å². The van der Waals surface area contributed by atoms with E-state index in [0.717, 1.165) is 17.9 Å². The number of ether oxygens (including phenoxy) is 1. The second kappa shape index (κ2) is 5.79. The van der Waals surface area contributed by atoms with Crippen molar-refractivity contribution < 1.29 is 9.66 Å². The lowest BCUT2D eigenvalue weighted by Gasteiger charge is -2.25. The van der Waals surface area contributed by atoms with Crippen LogP contribution in [0.15, 0.2) is 18.2 Å². The molecule has 1 aromatic carbocycles. The van der Waals surface area contributed by atoms with Gasteiger partial charge in [-0.15, -0.1) is 0 Å². The number of hydrogen-bond acceptors (Lipinski definition) is 4. The fraction of sp³-hybridized carbons (Fsp3) is 0.600. The molecule has 0 saturated heterocycles. The number of rotatable bonds is 7. The van der Waals surface area contributed by atoms with Crippen LogP contribution in [0.25, 0.3) is 0 Å². The van der Waals surface area contributed by atoms with Crippen LogP contribution in [0.5, 0.6) is 5.75 Å². The van der Waals surface area contributed by atoms with Crippen LogP contribution in [-0.4, -0.2) is 17.6 Å². The average molecular weight is 276 g/mol. The summed E-state index contributed by atoms with van der Waals surface area (Å²) in [6.45, 7) is 1.38. The second-order valence-electron chi connectivity index (χ2n) is 5.81. The minimum atomic E-state index is -0.351. The minimum Gasteiger partial charge on any atom is -0.493 e. The number of nitrogens with zero attached hydrogens (tertiary/aromatic N) is 1. The molecular weight excluding hydrogens is 256 g/mol. The van der Waals surface area contributed by atoms with Gasteiger partial charge in [0.25, 0.3) is 5.69 Å². The SMILES string of the molecule is O=[N+]([O-])c1ccc(OCC2CCC2)c(CNC2CC2)c1. The number of hydrogen-bond donors (Lipinski definition) is 1. The smallest absolute Gasteiger partial charge is 0.270 e. The standard InChI is InChI=1S/C15H20N2O3/c18-17(19)14-6-7-15(20-10-11-2-1-3-11)12(8-14)9-16-13-4-5-13/h6-8,11,13,16H,1-5,9-10H2. The summed E-state index contributed by atoms with van der Waals surface area (Å²) in [5.74, 6) is 1.45. The van der Waals surface area contributed by atoms with E-state index in [1.54, 1.807) is 12.1 Å². The lowest BCUT2D eigenvalue weighted by Crippen LogP contribution is -2.21. The molecule has 0 heterocycles. The summed E-state index contributed by atoms with van der Waals surface area (Å²) in [6.07, 6.45) is 6.18. The van der Waals surface area contributed by atoms with Gasteiger partial charge in [0.1, 0.15) is 5.75 Å². The Labute approximate surface area is 118 Å². The zero-order valence-electron chi connectivity index (χ0n) is 11.5. The first kappa shape index (κ1) is 13.4. The molecule has 2 aliphatic rings. The van der Waals surface area contributed by atoms with E-state index in [2.05, 4.69) is 5.32 Å². The molecule has 0 aromatic heterocycles. The molecule has 2 saturated carbocycles. The van der Waals surface area contributed by atoms with Crippen LogP contribution < -0.4 is 10.1 Å². The fourth-order valence-electron chi connectivity index (χ4n) is 2.37. The van der Waals surface area contributed by atoms with Gasteiger partial charge in [-0.05, 0) is 37.7 Å². The minimum absolute atomic E-state index is 0.133. The van der Waals surface area contributed by atoms with Gasteiger partial charge >= 0.3 is 0 Å². The molecule has 2 fully saturated rings. The quantitative estimate of drug-likeness (QED) is 0.614. The molecule has 0 aliphatic heterocycles. The van der Waals surface area contributed by atoms with Gasteiger partial charge in [0.15, 0.2) is 0 Å². The topological polar surface area (TPSA) is 64.4 Å². The van der Waals surface area contributed by atoms with E-state index in [1.807, 2.05) is 0 Å². The molecule has 1 aromatic rings. The molecule has 5 nitrogen and oxygen atoms in total. The largest absolute Gasteiger partial charge is 0.493 e. The van der Waals surface area contributed by atoms with Crippen molar-refractivity contribution in [3.63, 3.8) is 0 Å². The molecule has 2 aliphatic carbocycles. The molecule has 5 heteroatoms. The summed E-state index contributed by atoms with van der Waals surface area (Å²) in [5, 5.41) is 14.3. The van der Waals surface area contributed by atoms with Crippen molar-refractivity contribution in [1.29, 1.82) is 0 Å². The van der Waals surface area contributed by atoms with E-state index in [9.17, 15) is 10.1 Å². The van der Waals surface area contributed by atoms with E-state index < -0.39 is 0 Å². The summed E-state index contributed by atoms with van der Waals surface area (Å²) in [4.78, 5) is 10.5. The van der Waals surface area contributed by atoms with E-state index in [4.69, 9.17) is 4.74 Å². The first-order chi connectivity index (χ1) is 9.72. The highest BCUT2D eigenvalue weighted by molar-refractivity contribution is 5.43. The lowest BCUT2D eigenvalue weighted by atomic mass is 9.86. The molecule has 1 N–H and O–H groups in total.